The molecule has 1 heterocycles. The van der Waals surface area contributed by atoms with E-state index >= 15 is 0 Å². The van der Waals surface area contributed by atoms with Crippen LogP contribution in [0.1, 0.15) is 15.9 Å². The summed E-state index contributed by atoms with van der Waals surface area (Å²) in [6.45, 7) is 2.04. The van der Waals surface area contributed by atoms with E-state index in [0.29, 0.717) is 17.1 Å². The van der Waals surface area contributed by atoms with E-state index in [4.69, 9.17) is 9.47 Å². The highest BCUT2D eigenvalue weighted by atomic mass is 16.5. The van der Waals surface area contributed by atoms with Crippen molar-refractivity contribution in [1.82, 2.24) is 4.98 Å². The topological polar surface area (TPSA) is 51.3 Å². The minimum Gasteiger partial charge on any atom is -0.496 e. The van der Waals surface area contributed by atoms with E-state index in [2.05, 4.69) is 11.1 Å². The average molecular weight is 295 g/mol. The molecule has 1 aromatic heterocycles. The molecular weight excluding hydrogens is 278 g/mol. The molecule has 1 N–H and O–H groups in total. The normalized spacial score (nSPS) is 10.7. The van der Waals surface area contributed by atoms with Gasteiger partial charge in [0.25, 0.3) is 0 Å². The lowest BCUT2D eigenvalue weighted by Gasteiger charge is -2.14. The molecule has 0 radical (unpaired) electrons. The van der Waals surface area contributed by atoms with Crippen molar-refractivity contribution in [1.29, 1.82) is 0 Å². The summed E-state index contributed by atoms with van der Waals surface area (Å²) in [6, 6.07) is 11.6. The maximum absolute atomic E-state index is 11.3. The van der Waals surface area contributed by atoms with Gasteiger partial charge in [0.15, 0.2) is 6.29 Å². The number of carbonyl (C=O) groups excluding carboxylic acids is 1. The minimum absolute atomic E-state index is 0.497. The number of rotatable bonds is 4. The van der Waals surface area contributed by atoms with Crippen molar-refractivity contribution in [3.05, 3.63) is 47.5 Å². The van der Waals surface area contributed by atoms with Crippen molar-refractivity contribution >= 4 is 17.2 Å². The highest BCUT2D eigenvalue weighted by Crippen LogP contribution is 2.42. The number of aryl methyl sites for hydroxylation is 1. The minimum atomic E-state index is 0.497. The zero-order valence-corrected chi connectivity index (χ0v) is 12.8. The van der Waals surface area contributed by atoms with E-state index < -0.39 is 0 Å². The van der Waals surface area contributed by atoms with E-state index in [1.54, 1.807) is 26.4 Å². The van der Waals surface area contributed by atoms with Gasteiger partial charge in [-0.1, -0.05) is 18.2 Å². The van der Waals surface area contributed by atoms with Gasteiger partial charge in [0.1, 0.15) is 11.5 Å². The molecule has 0 aliphatic rings. The van der Waals surface area contributed by atoms with E-state index in [9.17, 15) is 4.79 Å². The third kappa shape index (κ3) is 2.04. The van der Waals surface area contributed by atoms with E-state index in [0.717, 1.165) is 34.0 Å². The summed E-state index contributed by atoms with van der Waals surface area (Å²) in [4.78, 5) is 14.7. The van der Waals surface area contributed by atoms with Crippen LogP contribution in [-0.4, -0.2) is 25.5 Å². The van der Waals surface area contributed by atoms with E-state index in [-0.39, 0.29) is 0 Å². The number of nitrogens with one attached hydrogen (secondary N) is 1. The molecule has 3 aromatic rings. The fraction of sp³-hybridized carbons (Fsp3) is 0.167. The largest absolute Gasteiger partial charge is 0.496 e. The summed E-state index contributed by atoms with van der Waals surface area (Å²) in [5.41, 5.74) is 4.30. The Morgan fingerprint density at radius 2 is 1.82 bits per heavy atom. The van der Waals surface area contributed by atoms with Crippen LogP contribution in [0.2, 0.25) is 0 Å². The van der Waals surface area contributed by atoms with Crippen molar-refractivity contribution < 1.29 is 14.3 Å². The monoisotopic (exact) mass is 295 g/mol. The summed E-state index contributed by atoms with van der Waals surface area (Å²) < 4.78 is 11.0. The van der Waals surface area contributed by atoms with Gasteiger partial charge in [0.05, 0.1) is 31.0 Å². The SMILES string of the molecule is COc1ccc(C=O)c(OC)c1-c1[nH]c2ccccc2c1C. The molecule has 0 unspecified atom stereocenters. The van der Waals surface area contributed by atoms with Crippen LogP contribution in [0.3, 0.4) is 0 Å². The fourth-order valence-corrected chi connectivity index (χ4v) is 2.83. The number of carbonyl (C=O) groups is 1. The van der Waals surface area contributed by atoms with Gasteiger partial charge in [-0.25, -0.2) is 0 Å². The Labute approximate surface area is 128 Å². The molecule has 112 valence electrons. The second-order valence-electron chi connectivity index (χ2n) is 5.05. The van der Waals surface area contributed by atoms with Gasteiger partial charge in [-0.2, -0.15) is 0 Å². The Bertz CT molecular complexity index is 849. The van der Waals surface area contributed by atoms with Gasteiger partial charge < -0.3 is 14.5 Å². The second kappa shape index (κ2) is 5.56. The number of H-pyrrole nitrogens is 1. The molecule has 0 atom stereocenters. The molecule has 4 heteroatoms. The highest BCUT2D eigenvalue weighted by molar-refractivity contribution is 5.95. The third-order valence-electron chi connectivity index (χ3n) is 3.92. The van der Waals surface area contributed by atoms with Crippen molar-refractivity contribution in [3.63, 3.8) is 0 Å². The molecule has 0 spiro atoms. The van der Waals surface area contributed by atoms with E-state index in [1.807, 2.05) is 25.1 Å². The molecule has 0 saturated heterocycles. The summed E-state index contributed by atoms with van der Waals surface area (Å²) in [6.07, 6.45) is 0.791. The first-order valence-electron chi connectivity index (χ1n) is 6.99. The summed E-state index contributed by atoms with van der Waals surface area (Å²) >= 11 is 0. The van der Waals surface area contributed by atoms with Crippen molar-refractivity contribution in [2.45, 2.75) is 6.92 Å². The Balaban J connectivity index is 2.38. The summed E-state index contributed by atoms with van der Waals surface area (Å²) in [5.74, 6) is 1.18. The number of aldehydes is 1. The lowest BCUT2D eigenvalue weighted by atomic mass is 10.0. The van der Waals surface area contributed by atoms with Gasteiger partial charge in [0.2, 0.25) is 0 Å². The van der Waals surface area contributed by atoms with Gasteiger partial charge in [-0.05, 0) is 30.7 Å². The molecule has 0 fully saturated rings. The molecule has 0 aliphatic heterocycles. The zero-order valence-electron chi connectivity index (χ0n) is 12.8. The van der Waals surface area contributed by atoms with Crippen LogP contribution in [-0.2, 0) is 0 Å². The zero-order chi connectivity index (χ0) is 15.7. The highest BCUT2D eigenvalue weighted by Gasteiger charge is 2.20. The van der Waals surface area contributed by atoms with Crippen LogP contribution >= 0.6 is 0 Å². The number of methoxy groups -OCH3 is 2. The molecular formula is C18H17NO3. The third-order valence-corrected chi connectivity index (χ3v) is 3.92. The Morgan fingerprint density at radius 3 is 2.45 bits per heavy atom. The van der Waals surface area contributed by atoms with Crippen LogP contribution < -0.4 is 9.47 Å². The van der Waals surface area contributed by atoms with Gasteiger partial charge in [-0.3, -0.25) is 4.79 Å². The van der Waals surface area contributed by atoms with Crippen molar-refractivity contribution in [2.24, 2.45) is 0 Å². The Morgan fingerprint density at radius 1 is 1.05 bits per heavy atom. The number of benzene rings is 2. The maximum Gasteiger partial charge on any atom is 0.153 e. The number of ether oxygens (including phenoxy) is 2. The number of aromatic amines is 1. The summed E-state index contributed by atoms with van der Waals surface area (Å²) in [7, 11) is 3.17. The number of hydrogen-bond donors (Lipinski definition) is 1. The van der Waals surface area contributed by atoms with E-state index in [1.165, 1.54) is 0 Å². The van der Waals surface area contributed by atoms with Crippen LogP contribution in [0.5, 0.6) is 11.5 Å². The molecule has 0 amide bonds. The van der Waals surface area contributed by atoms with Crippen LogP contribution in [0.15, 0.2) is 36.4 Å². The maximum atomic E-state index is 11.3. The Kier molecular flexibility index (Phi) is 3.59. The smallest absolute Gasteiger partial charge is 0.153 e. The molecule has 3 rings (SSSR count). The molecule has 22 heavy (non-hydrogen) atoms. The Hall–Kier alpha value is -2.75. The second-order valence-corrected chi connectivity index (χ2v) is 5.05. The first-order valence-corrected chi connectivity index (χ1v) is 6.99. The first-order chi connectivity index (χ1) is 10.7. The predicted octanol–water partition coefficient (Wildman–Crippen LogP) is 3.97. The molecule has 2 aromatic carbocycles. The standard InChI is InChI=1S/C18H17NO3/c1-11-13-6-4-5-7-14(13)19-17(11)16-15(21-2)9-8-12(10-20)18(16)22-3/h4-10,19H,1-3H3. The molecule has 0 bridgehead atoms. The van der Waals surface area contributed by atoms with Gasteiger partial charge in [0, 0.05) is 10.9 Å². The number of hydrogen-bond acceptors (Lipinski definition) is 3. The number of aromatic nitrogens is 1. The predicted molar refractivity (Wildman–Crippen MR) is 87.0 cm³/mol. The average Bonchev–Trinajstić information content (AvgIpc) is 2.90. The van der Waals surface area contributed by atoms with Crippen LogP contribution in [0.4, 0.5) is 0 Å². The molecule has 4 nitrogen and oxygen atoms in total. The lowest BCUT2D eigenvalue weighted by molar-refractivity contribution is 0.112. The number of fused-ring (bicyclic) bond motifs is 1. The first kappa shape index (κ1) is 14.2. The summed E-state index contributed by atoms with van der Waals surface area (Å²) in [5, 5.41) is 1.14. The van der Waals surface area contributed by atoms with Gasteiger partial charge >= 0.3 is 0 Å². The van der Waals surface area contributed by atoms with Crippen molar-refractivity contribution in [3.8, 4) is 22.8 Å². The van der Waals surface area contributed by atoms with Crippen molar-refractivity contribution in [2.75, 3.05) is 14.2 Å². The quantitative estimate of drug-likeness (QED) is 0.741. The van der Waals surface area contributed by atoms with Crippen LogP contribution in [0.25, 0.3) is 22.2 Å². The molecule has 0 aliphatic carbocycles. The number of para-hydroxylation sites is 1. The van der Waals surface area contributed by atoms with Crippen LogP contribution in [0, 0.1) is 6.92 Å². The van der Waals surface area contributed by atoms with Gasteiger partial charge in [-0.15, -0.1) is 0 Å². The lowest BCUT2D eigenvalue weighted by Crippen LogP contribution is -1.98. The fourth-order valence-electron chi connectivity index (χ4n) is 2.83. The molecule has 0 saturated carbocycles.